The Labute approximate surface area is 170 Å². The monoisotopic (exact) mass is 411 g/mol. The number of hydrogen-bond donors (Lipinski definition) is 0. The van der Waals surface area contributed by atoms with Gasteiger partial charge in [0.05, 0.1) is 27.9 Å². The van der Waals surface area contributed by atoms with Gasteiger partial charge < -0.3 is 23.8 Å². The molecule has 1 unspecified atom stereocenters. The summed E-state index contributed by atoms with van der Waals surface area (Å²) < 4.78 is 21.7. The van der Waals surface area contributed by atoms with E-state index in [1.807, 2.05) is 6.07 Å². The average molecular weight is 412 g/mol. The van der Waals surface area contributed by atoms with Crippen LogP contribution in [0.15, 0.2) is 12.1 Å². The molecule has 0 saturated carbocycles. The van der Waals surface area contributed by atoms with E-state index in [0.717, 1.165) is 24.8 Å². The quantitative estimate of drug-likeness (QED) is 0.431. The third kappa shape index (κ3) is 5.25. The standard InChI is InChI=1S/C20H29NO6S/c1-5-6-7-11-27-17(23)13-21-16(22)10-12-28-20(21)14-8-9-15(24-2)19(26-4)18(14)25-3/h8-9,20H,5-7,10-13H2,1-4H3. The van der Waals surface area contributed by atoms with Gasteiger partial charge in [0, 0.05) is 17.7 Å². The fourth-order valence-electron chi connectivity index (χ4n) is 3.09. The van der Waals surface area contributed by atoms with E-state index in [0.29, 0.717) is 36.0 Å². The third-order valence-corrected chi connectivity index (χ3v) is 5.77. The second-order valence-corrected chi connectivity index (χ2v) is 7.53. The van der Waals surface area contributed by atoms with Gasteiger partial charge in [-0.3, -0.25) is 9.59 Å². The van der Waals surface area contributed by atoms with Crippen molar-refractivity contribution in [3.05, 3.63) is 17.7 Å². The molecule has 1 aromatic carbocycles. The molecule has 0 spiro atoms. The lowest BCUT2D eigenvalue weighted by Crippen LogP contribution is -2.41. The number of unbranched alkanes of at least 4 members (excludes halogenated alkanes) is 2. The van der Waals surface area contributed by atoms with Crippen molar-refractivity contribution in [2.24, 2.45) is 0 Å². The fourth-order valence-corrected chi connectivity index (χ4v) is 4.35. The van der Waals surface area contributed by atoms with E-state index in [-0.39, 0.29) is 17.8 Å². The minimum Gasteiger partial charge on any atom is -0.493 e. The Bertz CT molecular complexity index is 681. The molecule has 1 aliphatic heterocycles. The topological polar surface area (TPSA) is 74.3 Å². The Morgan fingerprint density at radius 3 is 2.54 bits per heavy atom. The summed E-state index contributed by atoms with van der Waals surface area (Å²) in [4.78, 5) is 26.4. The number of esters is 1. The first-order valence-corrected chi connectivity index (χ1v) is 10.5. The molecule has 1 aliphatic rings. The van der Waals surface area contributed by atoms with Crippen molar-refractivity contribution < 1.29 is 28.5 Å². The van der Waals surface area contributed by atoms with E-state index in [9.17, 15) is 9.59 Å². The molecule has 8 heteroatoms. The van der Waals surface area contributed by atoms with Gasteiger partial charge in [-0.15, -0.1) is 11.8 Å². The maximum atomic E-state index is 12.6. The Hall–Kier alpha value is -2.09. The van der Waals surface area contributed by atoms with Crippen molar-refractivity contribution in [1.29, 1.82) is 0 Å². The molecular weight excluding hydrogens is 382 g/mol. The molecule has 7 nitrogen and oxygen atoms in total. The van der Waals surface area contributed by atoms with Gasteiger partial charge in [-0.2, -0.15) is 0 Å². The Morgan fingerprint density at radius 2 is 1.89 bits per heavy atom. The van der Waals surface area contributed by atoms with Crippen LogP contribution in [0.4, 0.5) is 0 Å². The normalized spacial score (nSPS) is 16.6. The summed E-state index contributed by atoms with van der Waals surface area (Å²) >= 11 is 1.59. The summed E-state index contributed by atoms with van der Waals surface area (Å²) in [6, 6.07) is 3.62. The zero-order chi connectivity index (χ0) is 20.5. The number of amides is 1. The van der Waals surface area contributed by atoms with Gasteiger partial charge in [-0.25, -0.2) is 0 Å². The van der Waals surface area contributed by atoms with E-state index in [1.165, 1.54) is 7.11 Å². The number of rotatable bonds is 10. The number of thioether (sulfide) groups is 1. The summed E-state index contributed by atoms with van der Waals surface area (Å²) in [5.41, 5.74) is 0.761. The smallest absolute Gasteiger partial charge is 0.325 e. The second-order valence-electron chi connectivity index (χ2n) is 6.35. The molecule has 1 heterocycles. The average Bonchev–Trinajstić information content (AvgIpc) is 2.71. The van der Waals surface area contributed by atoms with Gasteiger partial charge in [-0.05, 0) is 18.6 Å². The van der Waals surface area contributed by atoms with E-state index in [2.05, 4.69) is 6.92 Å². The lowest BCUT2D eigenvalue weighted by atomic mass is 10.1. The zero-order valence-electron chi connectivity index (χ0n) is 17.0. The van der Waals surface area contributed by atoms with Crippen LogP contribution in [0.5, 0.6) is 17.2 Å². The van der Waals surface area contributed by atoms with Crippen LogP contribution >= 0.6 is 11.8 Å². The molecule has 1 atom stereocenters. The van der Waals surface area contributed by atoms with Crippen molar-refractivity contribution in [2.45, 2.75) is 38.0 Å². The summed E-state index contributed by atoms with van der Waals surface area (Å²) in [6.45, 7) is 2.39. The van der Waals surface area contributed by atoms with Gasteiger partial charge in [0.1, 0.15) is 11.9 Å². The van der Waals surface area contributed by atoms with Crippen LogP contribution in [0.25, 0.3) is 0 Å². The first-order chi connectivity index (χ1) is 13.6. The zero-order valence-corrected chi connectivity index (χ0v) is 17.8. The first-order valence-electron chi connectivity index (χ1n) is 9.42. The predicted octanol–water partition coefficient (Wildman–Crippen LogP) is 3.41. The first kappa shape index (κ1) is 22.2. The molecule has 1 saturated heterocycles. The maximum absolute atomic E-state index is 12.6. The molecular formula is C20H29NO6S. The van der Waals surface area contributed by atoms with Gasteiger partial charge >= 0.3 is 5.97 Å². The Morgan fingerprint density at radius 1 is 1.14 bits per heavy atom. The highest BCUT2D eigenvalue weighted by atomic mass is 32.2. The van der Waals surface area contributed by atoms with Crippen molar-refractivity contribution in [1.82, 2.24) is 4.90 Å². The third-order valence-electron chi connectivity index (χ3n) is 4.51. The highest BCUT2D eigenvalue weighted by molar-refractivity contribution is 7.99. The van der Waals surface area contributed by atoms with Gasteiger partial charge in [0.2, 0.25) is 11.7 Å². The predicted molar refractivity (Wildman–Crippen MR) is 108 cm³/mol. The highest BCUT2D eigenvalue weighted by Crippen LogP contribution is 2.47. The van der Waals surface area contributed by atoms with Crippen LogP contribution in [0.1, 0.15) is 43.5 Å². The molecule has 0 radical (unpaired) electrons. The van der Waals surface area contributed by atoms with Crippen molar-refractivity contribution in [2.75, 3.05) is 40.2 Å². The van der Waals surface area contributed by atoms with Crippen molar-refractivity contribution in [3.63, 3.8) is 0 Å². The van der Waals surface area contributed by atoms with E-state index < -0.39 is 5.97 Å². The maximum Gasteiger partial charge on any atom is 0.325 e. The minimum atomic E-state index is -0.392. The molecule has 2 rings (SSSR count). The van der Waals surface area contributed by atoms with Crippen molar-refractivity contribution >= 4 is 23.6 Å². The summed E-state index contributed by atoms with van der Waals surface area (Å²) in [6.07, 6.45) is 3.29. The number of carbonyl (C=O) groups is 2. The SMILES string of the molecule is CCCCCOC(=O)CN1C(=O)CCSC1c1ccc(OC)c(OC)c1OC. The number of hydrogen-bond acceptors (Lipinski definition) is 7. The molecule has 28 heavy (non-hydrogen) atoms. The molecule has 0 aliphatic carbocycles. The van der Waals surface area contributed by atoms with Crippen LogP contribution in [-0.4, -0.2) is 57.0 Å². The Balaban J connectivity index is 2.24. The number of benzene rings is 1. The highest BCUT2D eigenvalue weighted by Gasteiger charge is 2.35. The van der Waals surface area contributed by atoms with E-state index in [1.54, 1.807) is 36.9 Å². The summed E-state index contributed by atoms with van der Waals surface area (Å²) in [7, 11) is 4.63. The van der Waals surface area contributed by atoms with Crippen LogP contribution in [0, 0.1) is 0 Å². The van der Waals surface area contributed by atoms with Crippen LogP contribution in [0.2, 0.25) is 0 Å². The Kier molecular flexibility index (Phi) is 8.76. The van der Waals surface area contributed by atoms with Crippen molar-refractivity contribution in [3.8, 4) is 17.2 Å². The number of ether oxygens (including phenoxy) is 4. The fraction of sp³-hybridized carbons (Fsp3) is 0.600. The molecule has 0 aromatic heterocycles. The number of methoxy groups -OCH3 is 3. The lowest BCUT2D eigenvalue weighted by molar-refractivity contribution is -0.150. The molecule has 1 aromatic rings. The molecule has 1 amide bonds. The van der Waals surface area contributed by atoms with Crippen LogP contribution < -0.4 is 14.2 Å². The second kappa shape index (κ2) is 11.0. The molecule has 0 N–H and O–H groups in total. The summed E-state index contributed by atoms with van der Waals surface area (Å²) in [5, 5.41) is -0.362. The van der Waals surface area contributed by atoms with Gasteiger partial charge in [0.15, 0.2) is 11.5 Å². The largest absolute Gasteiger partial charge is 0.493 e. The summed E-state index contributed by atoms with van der Waals surface area (Å²) in [5.74, 6) is 1.70. The van der Waals surface area contributed by atoms with Gasteiger partial charge in [-0.1, -0.05) is 19.8 Å². The van der Waals surface area contributed by atoms with E-state index in [4.69, 9.17) is 18.9 Å². The number of nitrogens with zero attached hydrogens (tertiary/aromatic N) is 1. The van der Waals surface area contributed by atoms with Crippen LogP contribution in [0.3, 0.4) is 0 Å². The molecule has 1 fully saturated rings. The van der Waals surface area contributed by atoms with Crippen LogP contribution in [-0.2, 0) is 14.3 Å². The van der Waals surface area contributed by atoms with Gasteiger partial charge in [0.25, 0.3) is 0 Å². The minimum absolute atomic E-state index is 0.0777. The molecule has 156 valence electrons. The number of carbonyl (C=O) groups excluding carboxylic acids is 2. The van der Waals surface area contributed by atoms with E-state index >= 15 is 0 Å². The molecule has 0 bridgehead atoms. The lowest BCUT2D eigenvalue weighted by Gasteiger charge is -2.35.